The molecule has 1 heterocycles. The lowest BCUT2D eigenvalue weighted by molar-refractivity contribution is 0.262. The molecule has 0 radical (unpaired) electrons. The minimum Gasteiger partial charge on any atom is -0.494 e. The zero-order valence-electron chi connectivity index (χ0n) is 17.8. The monoisotopic (exact) mass is 408 g/mol. The van der Waals surface area contributed by atoms with Gasteiger partial charge in [-0.1, -0.05) is 32.9 Å². The fourth-order valence-electron chi connectivity index (χ4n) is 2.62. The van der Waals surface area contributed by atoms with E-state index in [1.807, 2.05) is 69.3 Å². The molecule has 1 aromatic heterocycles. The van der Waals surface area contributed by atoms with Gasteiger partial charge in [-0.2, -0.15) is 0 Å². The van der Waals surface area contributed by atoms with Gasteiger partial charge in [-0.05, 0) is 55.0 Å². The number of carbonyl (C=O) groups excluding carboxylic acids is 1. The molecule has 3 rings (SSSR count). The van der Waals surface area contributed by atoms with Crippen LogP contribution in [0.15, 0.2) is 59.1 Å². The number of anilines is 4. The van der Waals surface area contributed by atoms with Crippen LogP contribution < -0.4 is 20.7 Å². The van der Waals surface area contributed by atoms with Crippen molar-refractivity contribution in [2.75, 3.05) is 22.6 Å². The number of urea groups is 1. The summed E-state index contributed by atoms with van der Waals surface area (Å²) in [4.78, 5) is 12.2. The molecule has 2 amide bonds. The van der Waals surface area contributed by atoms with Crippen molar-refractivity contribution in [2.24, 2.45) is 0 Å². The lowest BCUT2D eigenvalue weighted by Gasteiger charge is -2.12. The van der Waals surface area contributed by atoms with Crippen LogP contribution in [0.1, 0.15) is 39.9 Å². The number of ether oxygens (including phenoxy) is 1. The summed E-state index contributed by atoms with van der Waals surface area (Å²) in [6, 6.07) is 16.6. The molecule has 0 unspecified atom stereocenters. The first-order valence-corrected chi connectivity index (χ1v) is 9.98. The molecule has 30 heavy (non-hydrogen) atoms. The average molecular weight is 409 g/mol. The summed E-state index contributed by atoms with van der Waals surface area (Å²) >= 11 is 0. The molecular formula is C23H28N4O3. The maximum absolute atomic E-state index is 12.2. The van der Waals surface area contributed by atoms with Gasteiger partial charge in [0.2, 0.25) is 0 Å². The minimum atomic E-state index is -0.382. The number of nitrogens with zero attached hydrogens (tertiary/aromatic N) is 1. The second-order valence-electron chi connectivity index (χ2n) is 7.98. The van der Waals surface area contributed by atoms with Crippen LogP contribution >= 0.6 is 0 Å². The Labute approximate surface area is 176 Å². The van der Waals surface area contributed by atoms with Crippen molar-refractivity contribution >= 4 is 28.9 Å². The SMILES string of the molecule is CCCOc1ccc(Nc2ccc(NC(=O)Nc3cc(C(C)(C)C)on3)cc2)cc1. The molecule has 0 atom stereocenters. The van der Waals surface area contributed by atoms with Gasteiger partial charge in [-0.3, -0.25) is 5.32 Å². The van der Waals surface area contributed by atoms with E-state index in [1.54, 1.807) is 6.07 Å². The van der Waals surface area contributed by atoms with Gasteiger partial charge in [0.15, 0.2) is 5.82 Å². The van der Waals surface area contributed by atoms with Crippen LogP contribution in [-0.4, -0.2) is 17.8 Å². The number of amides is 2. The van der Waals surface area contributed by atoms with Crippen molar-refractivity contribution in [3.63, 3.8) is 0 Å². The summed E-state index contributed by atoms with van der Waals surface area (Å²) in [6.45, 7) is 8.84. The van der Waals surface area contributed by atoms with Crippen molar-refractivity contribution in [2.45, 2.75) is 39.5 Å². The molecule has 3 N–H and O–H groups in total. The topological polar surface area (TPSA) is 88.4 Å². The number of hydrogen-bond acceptors (Lipinski definition) is 5. The summed E-state index contributed by atoms with van der Waals surface area (Å²) in [5.41, 5.74) is 2.36. The van der Waals surface area contributed by atoms with Crippen LogP contribution in [0, 0.1) is 0 Å². The molecule has 0 aliphatic heterocycles. The highest BCUT2D eigenvalue weighted by Gasteiger charge is 2.20. The molecule has 0 fully saturated rings. The van der Waals surface area contributed by atoms with Crippen LogP contribution in [0.3, 0.4) is 0 Å². The van der Waals surface area contributed by atoms with E-state index in [1.165, 1.54) is 0 Å². The molecule has 0 aliphatic rings. The summed E-state index contributed by atoms with van der Waals surface area (Å²) < 4.78 is 10.9. The van der Waals surface area contributed by atoms with Gasteiger partial charge in [0.05, 0.1) is 6.61 Å². The summed E-state index contributed by atoms with van der Waals surface area (Å²) in [5.74, 6) is 1.94. The van der Waals surface area contributed by atoms with Crippen molar-refractivity contribution in [3.8, 4) is 5.75 Å². The standard InChI is InChI=1S/C23H28N4O3/c1-5-14-29-19-12-10-17(11-13-19)24-16-6-8-18(9-7-16)25-22(28)26-21-15-20(30-27-21)23(2,3)4/h6-13,15,24H,5,14H2,1-4H3,(H2,25,26,27,28). The molecule has 3 aromatic rings. The predicted octanol–water partition coefficient (Wildman–Crippen LogP) is 6.15. The first-order valence-electron chi connectivity index (χ1n) is 9.98. The van der Waals surface area contributed by atoms with Crippen molar-refractivity contribution in [1.82, 2.24) is 5.16 Å². The molecule has 7 heteroatoms. The lowest BCUT2D eigenvalue weighted by atomic mass is 9.93. The highest BCUT2D eigenvalue weighted by Crippen LogP contribution is 2.25. The third kappa shape index (κ3) is 6.01. The number of nitrogens with one attached hydrogen (secondary N) is 3. The quantitative estimate of drug-likeness (QED) is 0.436. The molecule has 2 aromatic carbocycles. The Bertz CT molecular complexity index is 957. The Kier molecular flexibility index (Phi) is 6.61. The van der Waals surface area contributed by atoms with Gasteiger partial charge < -0.3 is 19.9 Å². The molecule has 0 bridgehead atoms. The fourth-order valence-corrected chi connectivity index (χ4v) is 2.62. The van der Waals surface area contributed by atoms with E-state index in [0.29, 0.717) is 23.9 Å². The second kappa shape index (κ2) is 9.35. The highest BCUT2D eigenvalue weighted by atomic mass is 16.5. The van der Waals surface area contributed by atoms with Gasteiger partial charge in [0, 0.05) is 28.5 Å². The summed E-state index contributed by atoms with van der Waals surface area (Å²) in [7, 11) is 0. The molecule has 0 saturated heterocycles. The minimum absolute atomic E-state index is 0.172. The Morgan fingerprint density at radius 3 is 2.13 bits per heavy atom. The Hall–Kier alpha value is -3.48. The first kappa shape index (κ1) is 21.2. The van der Waals surface area contributed by atoms with Crippen molar-refractivity contribution < 1.29 is 14.1 Å². The molecule has 0 saturated carbocycles. The number of aromatic nitrogens is 1. The van der Waals surface area contributed by atoms with Crippen molar-refractivity contribution in [3.05, 3.63) is 60.4 Å². The van der Waals surface area contributed by atoms with Gasteiger partial charge in [0.1, 0.15) is 11.5 Å². The zero-order valence-corrected chi connectivity index (χ0v) is 17.8. The number of hydrogen-bond donors (Lipinski definition) is 3. The van der Waals surface area contributed by atoms with Crippen LogP contribution in [0.2, 0.25) is 0 Å². The largest absolute Gasteiger partial charge is 0.494 e. The maximum atomic E-state index is 12.2. The van der Waals surface area contributed by atoms with E-state index in [0.717, 1.165) is 23.5 Å². The molecule has 158 valence electrons. The second-order valence-corrected chi connectivity index (χ2v) is 7.98. The van der Waals surface area contributed by atoms with E-state index in [9.17, 15) is 4.79 Å². The third-order valence-corrected chi connectivity index (χ3v) is 4.25. The lowest BCUT2D eigenvalue weighted by Crippen LogP contribution is -2.19. The molecule has 0 spiro atoms. The van der Waals surface area contributed by atoms with E-state index < -0.39 is 0 Å². The van der Waals surface area contributed by atoms with Gasteiger partial charge in [-0.25, -0.2) is 4.79 Å². The van der Waals surface area contributed by atoms with Crippen LogP contribution in [0.25, 0.3) is 0 Å². The number of benzene rings is 2. The Morgan fingerprint density at radius 1 is 0.967 bits per heavy atom. The predicted molar refractivity (Wildman–Crippen MR) is 120 cm³/mol. The number of rotatable bonds is 7. The first-order chi connectivity index (χ1) is 14.3. The van der Waals surface area contributed by atoms with E-state index >= 15 is 0 Å². The Morgan fingerprint density at radius 2 is 1.57 bits per heavy atom. The molecule has 0 aliphatic carbocycles. The average Bonchev–Trinajstić information content (AvgIpc) is 3.18. The van der Waals surface area contributed by atoms with Crippen LogP contribution in [0.5, 0.6) is 5.75 Å². The smallest absolute Gasteiger partial charge is 0.324 e. The van der Waals surface area contributed by atoms with Gasteiger partial charge in [-0.15, -0.1) is 0 Å². The maximum Gasteiger partial charge on any atom is 0.324 e. The van der Waals surface area contributed by atoms with E-state index in [-0.39, 0.29) is 11.4 Å². The summed E-state index contributed by atoms with van der Waals surface area (Å²) in [6.07, 6.45) is 0.981. The number of carbonyl (C=O) groups is 1. The highest BCUT2D eigenvalue weighted by molar-refractivity contribution is 5.99. The summed E-state index contributed by atoms with van der Waals surface area (Å²) in [5, 5.41) is 12.7. The van der Waals surface area contributed by atoms with Gasteiger partial charge >= 0.3 is 6.03 Å². The zero-order chi connectivity index (χ0) is 21.6. The van der Waals surface area contributed by atoms with Crippen LogP contribution in [-0.2, 0) is 5.41 Å². The van der Waals surface area contributed by atoms with E-state index in [4.69, 9.17) is 9.26 Å². The van der Waals surface area contributed by atoms with Crippen molar-refractivity contribution in [1.29, 1.82) is 0 Å². The molecule has 7 nitrogen and oxygen atoms in total. The fraction of sp³-hybridized carbons (Fsp3) is 0.304. The van der Waals surface area contributed by atoms with E-state index in [2.05, 4.69) is 28.0 Å². The Balaban J connectivity index is 1.52. The molecular weight excluding hydrogens is 380 g/mol. The third-order valence-electron chi connectivity index (χ3n) is 4.25. The van der Waals surface area contributed by atoms with Gasteiger partial charge in [0.25, 0.3) is 0 Å². The van der Waals surface area contributed by atoms with Crippen LogP contribution in [0.4, 0.5) is 27.7 Å². The normalized spacial score (nSPS) is 11.1.